The molecule has 3 rings (SSSR count). The van der Waals surface area contributed by atoms with Crippen molar-refractivity contribution < 1.29 is 9.21 Å². The Morgan fingerprint density at radius 3 is 2.54 bits per heavy atom. The van der Waals surface area contributed by atoms with Gasteiger partial charge < -0.3 is 4.42 Å². The summed E-state index contributed by atoms with van der Waals surface area (Å²) in [7, 11) is 0. The zero-order chi connectivity index (χ0) is 17.1. The number of nitrogens with zero attached hydrogens (tertiary/aromatic N) is 2. The number of thioether (sulfide) groups is 1. The van der Waals surface area contributed by atoms with Gasteiger partial charge in [0, 0.05) is 11.1 Å². The maximum absolute atomic E-state index is 12.3. The molecule has 24 heavy (non-hydrogen) atoms. The molecule has 0 atom stereocenters. The number of aromatic nitrogens is 2. The van der Waals surface area contributed by atoms with Gasteiger partial charge in [-0.25, -0.2) is 0 Å². The molecule has 0 bridgehead atoms. The molecule has 4 nitrogen and oxygen atoms in total. The van der Waals surface area contributed by atoms with Gasteiger partial charge in [-0.05, 0) is 49.6 Å². The first-order chi connectivity index (χ1) is 11.5. The van der Waals surface area contributed by atoms with Crippen LogP contribution >= 0.6 is 11.8 Å². The molecule has 0 saturated heterocycles. The largest absolute Gasteiger partial charge is 0.411 e. The maximum Gasteiger partial charge on any atom is 0.277 e. The van der Waals surface area contributed by atoms with Crippen molar-refractivity contribution in [3.8, 4) is 11.5 Å². The number of Topliss-reactive ketones (excluding diaryl/α,β-unsaturated/α-hetero) is 1. The van der Waals surface area contributed by atoms with Crippen LogP contribution in [0.1, 0.15) is 27.0 Å². The number of carbonyl (C=O) groups is 1. The molecular formula is C19H18N2O2S. The fourth-order valence-electron chi connectivity index (χ4n) is 2.32. The Morgan fingerprint density at radius 1 is 1.00 bits per heavy atom. The van der Waals surface area contributed by atoms with E-state index >= 15 is 0 Å². The van der Waals surface area contributed by atoms with Crippen molar-refractivity contribution in [2.75, 3.05) is 5.75 Å². The van der Waals surface area contributed by atoms with E-state index in [1.165, 1.54) is 17.3 Å². The Balaban J connectivity index is 1.68. The molecular weight excluding hydrogens is 320 g/mol. The lowest BCUT2D eigenvalue weighted by Gasteiger charge is -2.03. The molecule has 3 aromatic rings. The van der Waals surface area contributed by atoms with Crippen molar-refractivity contribution in [3.05, 3.63) is 64.7 Å². The highest BCUT2D eigenvalue weighted by Gasteiger charge is 2.13. The standard InChI is InChI=1S/C19H18N2O2S/c1-12-8-9-15(10-14(12)3)17(22)11-24-19-21-20-18(23-19)16-7-5-4-6-13(16)2/h4-10H,11H2,1-3H3. The zero-order valence-electron chi connectivity index (χ0n) is 13.9. The van der Waals surface area contributed by atoms with Crippen LogP contribution in [0.4, 0.5) is 0 Å². The van der Waals surface area contributed by atoms with Gasteiger partial charge in [0.2, 0.25) is 5.89 Å². The van der Waals surface area contributed by atoms with Crippen molar-refractivity contribution in [2.45, 2.75) is 26.0 Å². The molecule has 0 aliphatic rings. The zero-order valence-corrected chi connectivity index (χ0v) is 14.7. The monoisotopic (exact) mass is 338 g/mol. The third-order valence-corrected chi connectivity index (χ3v) is 4.76. The van der Waals surface area contributed by atoms with Crippen LogP contribution in [0.2, 0.25) is 0 Å². The van der Waals surface area contributed by atoms with Crippen molar-refractivity contribution in [3.63, 3.8) is 0 Å². The molecule has 0 N–H and O–H groups in total. The van der Waals surface area contributed by atoms with Gasteiger partial charge in [-0.15, -0.1) is 10.2 Å². The highest BCUT2D eigenvalue weighted by Crippen LogP contribution is 2.26. The SMILES string of the molecule is Cc1ccc(C(=O)CSc2nnc(-c3ccccc3C)o2)cc1C. The molecule has 1 heterocycles. The van der Waals surface area contributed by atoms with Crippen LogP contribution in [0.25, 0.3) is 11.5 Å². The molecule has 0 aliphatic heterocycles. The first-order valence-electron chi connectivity index (χ1n) is 7.67. The number of ketones is 1. The summed E-state index contributed by atoms with van der Waals surface area (Å²) in [5, 5.41) is 8.51. The van der Waals surface area contributed by atoms with Crippen LogP contribution in [0, 0.1) is 20.8 Å². The predicted molar refractivity (Wildman–Crippen MR) is 95.4 cm³/mol. The minimum Gasteiger partial charge on any atom is -0.411 e. The molecule has 0 amide bonds. The topological polar surface area (TPSA) is 56.0 Å². The summed E-state index contributed by atoms with van der Waals surface area (Å²) in [5.74, 6) is 0.811. The summed E-state index contributed by atoms with van der Waals surface area (Å²) >= 11 is 1.26. The summed E-state index contributed by atoms with van der Waals surface area (Å²) in [6, 6.07) is 13.6. The van der Waals surface area contributed by atoms with E-state index in [9.17, 15) is 4.79 Å². The lowest BCUT2D eigenvalue weighted by molar-refractivity contribution is 0.102. The number of rotatable bonds is 5. The lowest BCUT2D eigenvalue weighted by Crippen LogP contribution is -2.03. The lowest BCUT2D eigenvalue weighted by atomic mass is 10.0. The van der Waals surface area contributed by atoms with E-state index in [2.05, 4.69) is 10.2 Å². The summed E-state index contributed by atoms with van der Waals surface area (Å²) in [6.45, 7) is 6.03. The van der Waals surface area contributed by atoms with E-state index in [-0.39, 0.29) is 11.5 Å². The Bertz CT molecular complexity index is 887. The van der Waals surface area contributed by atoms with Gasteiger partial charge in [-0.3, -0.25) is 4.79 Å². The number of benzene rings is 2. The third kappa shape index (κ3) is 3.57. The average molecular weight is 338 g/mol. The molecule has 0 unspecified atom stereocenters. The Kier molecular flexibility index (Phi) is 4.81. The van der Waals surface area contributed by atoms with Gasteiger partial charge in [0.05, 0.1) is 5.75 Å². The summed E-state index contributed by atoms with van der Waals surface area (Å²) in [4.78, 5) is 12.3. The number of carbonyl (C=O) groups excluding carboxylic acids is 1. The molecule has 0 radical (unpaired) electrons. The Morgan fingerprint density at radius 2 is 1.79 bits per heavy atom. The predicted octanol–water partition coefficient (Wildman–Crippen LogP) is 4.64. The summed E-state index contributed by atoms with van der Waals surface area (Å²) < 4.78 is 5.67. The van der Waals surface area contributed by atoms with E-state index in [0.29, 0.717) is 16.7 Å². The van der Waals surface area contributed by atoms with Crippen LogP contribution in [0.3, 0.4) is 0 Å². The molecule has 122 valence electrons. The maximum atomic E-state index is 12.3. The smallest absolute Gasteiger partial charge is 0.277 e. The van der Waals surface area contributed by atoms with Gasteiger partial charge >= 0.3 is 0 Å². The van der Waals surface area contributed by atoms with Gasteiger partial charge in [0.15, 0.2) is 5.78 Å². The second-order valence-corrected chi connectivity index (χ2v) is 6.63. The fraction of sp³-hybridized carbons (Fsp3) is 0.211. The van der Waals surface area contributed by atoms with Crippen LogP contribution in [0.15, 0.2) is 52.1 Å². The number of hydrogen-bond donors (Lipinski definition) is 0. The van der Waals surface area contributed by atoms with Crippen molar-refractivity contribution in [1.29, 1.82) is 0 Å². The highest BCUT2D eigenvalue weighted by molar-refractivity contribution is 7.99. The van der Waals surface area contributed by atoms with Gasteiger partial charge in [-0.2, -0.15) is 0 Å². The van der Waals surface area contributed by atoms with E-state index in [1.807, 2.05) is 63.2 Å². The number of hydrogen-bond acceptors (Lipinski definition) is 5. The van der Waals surface area contributed by atoms with E-state index in [0.717, 1.165) is 16.7 Å². The molecule has 0 saturated carbocycles. The Labute approximate surface area is 145 Å². The van der Waals surface area contributed by atoms with Gasteiger partial charge in [0.1, 0.15) is 0 Å². The van der Waals surface area contributed by atoms with Crippen molar-refractivity contribution >= 4 is 17.5 Å². The first-order valence-corrected chi connectivity index (χ1v) is 8.66. The van der Waals surface area contributed by atoms with E-state index in [1.54, 1.807) is 0 Å². The van der Waals surface area contributed by atoms with Crippen molar-refractivity contribution in [1.82, 2.24) is 10.2 Å². The molecule has 1 aromatic heterocycles. The molecule has 0 spiro atoms. The van der Waals surface area contributed by atoms with Crippen molar-refractivity contribution in [2.24, 2.45) is 0 Å². The van der Waals surface area contributed by atoms with E-state index < -0.39 is 0 Å². The quantitative estimate of drug-likeness (QED) is 0.501. The second-order valence-electron chi connectivity index (χ2n) is 5.70. The molecule has 0 aliphatic carbocycles. The average Bonchev–Trinajstić information content (AvgIpc) is 3.04. The minimum atomic E-state index is 0.0544. The molecule has 5 heteroatoms. The molecule has 2 aromatic carbocycles. The second kappa shape index (κ2) is 7.01. The van der Waals surface area contributed by atoms with Crippen LogP contribution in [0.5, 0.6) is 0 Å². The highest BCUT2D eigenvalue weighted by atomic mass is 32.2. The third-order valence-electron chi connectivity index (χ3n) is 3.94. The van der Waals surface area contributed by atoms with Gasteiger partial charge in [-0.1, -0.05) is 42.1 Å². The Hall–Kier alpha value is -2.40. The van der Waals surface area contributed by atoms with Crippen LogP contribution in [-0.2, 0) is 0 Å². The summed E-state index contributed by atoms with van der Waals surface area (Å²) in [5.41, 5.74) is 5.00. The minimum absolute atomic E-state index is 0.0544. The number of aryl methyl sites for hydroxylation is 3. The first kappa shape index (κ1) is 16.5. The van der Waals surface area contributed by atoms with Gasteiger partial charge in [0.25, 0.3) is 5.22 Å². The fourth-order valence-corrected chi connectivity index (χ4v) is 2.97. The summed E-state index contributed by atoms with van der Waals surface area (Å²) in [6.07, 6.45) is 0. The van der Waals surface area contributed by atoms with Crippen LogP contribution < -0.4 is 0 Å². The molecule has 0 fully saturated rings. The van der Waals surface area contributed by atoms with Crippen LogP contribution in [-0.4, -0.2) is 21.7 Å². The van der Waals surface area contributed by atoms with E-state index in [4.69, 9.17) is 4.42 Å². The normalized spacial score (nSPS) is 10.8.